The molecule has 1 amide bonds. The zero-order chi connectivity index (χ0) is 21.2. The van der Waals surface area contributed by atoms with Crippen LogP contribution in [0.4, 0.5) is 4.79 Å². The fraction of sp³-hybridized carbons (Fsp3) is 0.905. The fourth-order valence-electron chi connectivity index (χ4n) is 3.70. The lowest BCUT2D eigenvalue weighted by Crippen LogP contribution is -2.49. The van der Waals surface area contributed by atoms with E-state index in [4.69, 9.17) is 14.9 Å². The lowest BCUT2D eigenvalue weighted by Gasteiger charge is -2.30. The van der Waals surface area contributed by atoms with Gasteiger partial charge in [0.1, 0.15) is 5.60 Å². The van der Waals surface area contributed by atoms with Crippen molar-refractivity contribution in [1.82, 2.24) is 10.6 Å². The molecule has 0 aromatic carbocycles. The Hall–Kier alpha value is -1.34. The molecule has 0 unspecified atom stereocenters. The van der Waals surface area contributed by atoms with E-state index >= 15 is 0 Å². The Morgan fingerprint density at radius 1 is 0.929 bits per heavy atom. The highest BCUT2D eigenvalue weighted by molar-refractivity contribution is 5.80. The van der Waals surface area contributed by atoms with Gasteiger partial charge in [-0.3, -0.25) is 0 Å². The first-order valence-electron chi connectivity index (χ1n) is 10.7. The second kappa shape index (κ2) is 12.3. The van der Waals surface area contributed by atoms with Crippen LogP contribution in [0.1, 0.15) is 91.9 Å². The van der Waals surface area contributed by atoms with Crippen LogP contribution >= 0.6 is 0 Å². The molecule has 7 heteroatoms. The number of hydrogen-bond donors (Lipinski definition) is 4. The van der Waals surface area contributed by atoms with Crippen LogP contribution in [0.2, 0.25) is 0 Å². The normalized spacial score (nSPS) is 21.0. The number of aliphatic hydroxyl groups is 1. The van der Waals surface area contributed by atoms with Gasteiger partial charge in [0.05, 0.1) is 6.10 Å². The number of carbonyl (C=O) groups is 2. The van der Waals surface area contributed by atoms with E-state index in [0.29, 0.717) is 0 Å². The first-order valence-corrected chi connectivity index (χ1v) is 10.7. The van der Waals surface area contributed by atoms with Crippen LogP contribution in [-0.4, -0.2) is 52.1 Å². The molecule has 2 aliphatic rings. The van der Waals surface area contributed by atoms with Crippen LogP contribution in [0.3, 0.4) is 0 Å². The molecule has 7 nitrogen and oxygen atoms in total. The number of carboxylic acids is 1. The second-order valence-electron chi connectivity index (χ2n) is 9.04. The quantitative estimate of drug-likeness (QED) is 0.562. The zero-order valence-corrected chi connectivity index (χ0v) is 18.0. The van der Waals surface area contributed by atoms with Gasteiger partial charge in [-0.15, -0.1) is 0 Å². The largest absolute Gasteiger partial charge is 0.480 e. The predicted molar refractivity (Wildman–Crippen MR) is 109 cm³/mol. The number of nitrogens with one attached hydrogen (secondary N) is 2. The van der Waals surface area contributed by atoms with E-state index in [9.17, 15) is 9.59 Å². The summed E-state index contributed by atoms with van der Waals surface area (Å²) in [5.41, 5.74) is -0.703. The molecule has 0 spiro atoms. The molecule has 0 radical (unpaired) electrons. The van der Waals surface area contributed by atoms with Crippen molar-refractivity contribution in [3.63, 3.8) is 0 Å². The average molecular weight is 401 g/mol. The van der Waals surface area contributed by atoms with Crippen LogP contribution in [-0.2, 0) is 9.53 Å². The minimum absolute atomic E-state index is 0.703. The van der Waals surface area contributed by atoms with Crippen LogP contribution in [0.15, 0.2) is 0 Å². The third-order valence-electron chi connectivity index (χ3n) is 5.10. The smallest absolute Gasteiger partial charge is 0.408 e. The van der Waals surface area contributed by atoms with E-state index in [-0.39, 0.29) is 0 Å². The van der Waals surface area contributed by atoms with E-state index in [2.05, 4.69) is 10.6 Å². The monoisotopic (exact) mass is 400 g/mol. The zero-order valence-electron chi connectivity index (χ0n) is 18.0. The molecule has 2 aliphatic carbocycles. The van der Waals surface area contributed by atoms with Gasteiger partial charge in [-0.05, 0) is 53.4 Å². The van der Waals surface area contributed by atoms with Gasteiger partial charge < -0.3 is 25.6 Å². The third kappa shape index (κ3) is 10.9. The Morgan fingerprint density at radius 3 is 1.68 bits per heavy atom. The van der Waals surface area contributed by atoms with Crippen LogP contribution in [0, 0.1) is 0 Å². The van der Waals surface area contributed by atoms with Crippen molar-refractivity contribution in [1.29, 1.82) is 0 Å². The van der Waals surface area contributed by atoms with Gasteiger partial charge in [0.25, 0.3) is 0 Å². The molecule has 28 heavy (non-hydrogen) atoms. The SMILES string of the molecule is C1CCC(NC2CCCCC2)CC1.C[C@H](O)[C@@H](NC(=O)OC(C)(C)C)C(=O)O. The highest BCUT2D eigenvalue weighted by atomic mass is 16.6. The summed E-state index contributed by atoms with van der Waals surface area (Å²) >= 11 is 0. The summed E-state index contributed by atoms with van der Waals surface area (Å²) in [6.45, 7) is 6.25. The molecule has 0 saturated heterocycles. The molecule has 2 atom stereocenters. The summed E-state index contributed by atoms with van der Waals surface area (Å²) in [6, 6.07) is 0.383. The maximum atomic E-state index is 11.2. The van der Waals surface area contributed by atoms with E-state index in [1.54, 1.807) is 20.8 Å². The van der Waals surface area contributed by atoms with Crippen LogP contribution < -0.4 is 10.6 Å². The fourth-order valence-corrected chi connectivity index (χ4v) is 3.70. The van der Waals surface area contributed by atoms with Crippen molar-refractivity contribution in [2.75, 3.05) is 0 Å². The summed E-state index contributed by atoms with van der Waals surface area (Å²) in [6.07, 6.45) is 12.5. The number of alkyl carbamates (subject to hydrolysis) is 1. The van der Waals surface area contributed by atoms with Gasteiger partial charge in [-0.1, -0.05) is 38.5 Å². The van der Waals surface area contributed by atoms with Crippen molar-refractivity contribution >= 4 is 12.1 Å². The van der Waals surface area contributed by atoms with E-state index in [0.717, 1.165) is 12.1 Å². The van der Waals surface area contributed by atoms with E-state index in [1.165, 1.54) is 71.1 Å². The van der Waals surface area contributed by atoms with Crippen molar-refractivity contribution in [3.05, 3.63) is 0 Å². The van der Waals surface area contributed by atoms with Gasteiger partial charge in [0.15, 0.2) is 6.04 Å². The topological polar surface area (TPSA) is 108 Å². The number of hydrogen-bond acceptors (Lipinski definition) is 5. The molecule has 0 aromatic rings. The Morgan fingerprint density at radius 2 is 1.36 bits per heavy atom. The molecule has 0 aromatic heterocycles. The number of aliphatic hydroxyl groups excluding tert-OH is 1. The van der Waals surface area contributed by atoms with Crippen LogP contribution in [0.5, 0.6) is 0 Å². The van der Waals surface area contributed by atoms with Crippen molar-refractivity contribution in [2.24, 2.45) is 0 Å². The van der Waals surface area contributed by atoms with Gasteiger partial charge in [0, 0.05) is 12.1 Å². The number of aliphatic carboxylic acids is 1. The molecular formula is C21H40N2O5. The minimum atomic E-state index is -1.36. The summed E-state index contributed by atoms with van der Waals surface area (Å²) in [4.78, 5) is 21.8. The summed E-state index contributed by atoms with van der Waals surface area (Å²) in [5, 5.41) is 23.7. The highest BCUT2D eigenvalue weighted by Gasteiger charge is 2.27. The number of rotatable bonds is 5. The van der Waals surface area contributed by atoms with Crippen molar-refractivity contribution in [3.8, 4) is 0 Å². The Balaban J connectivity index is 0.000000281. The molecule has 2 saturated carbocycles. The molecule has 2 rings (SSSR count). The standard InChI is InChI=1S/C12H23N.C9H17NO5/c1-3-7-11(8-4-1)13-12-9-5-2-6-10-12;1-5(11)6(7(12)13)10-8(14)15-9(2,3)4/h11-13H,1-10H2;5-6,11H,1-4H3,(H,10,14)(H,12,13)/t;5-,6+/m.0/s1. The highest BCUT2D eigenvalue weighted by Crippen LogP contribution is 2.22. The number of carboxylic acid groups (broad SMARTS) is 1. The van der Waals surface area contributed by atoms with Gasteiger partial charge >= 0.3 is 12.1 Å². The molecule has 0 aliphatic heterocycles. The predicted octanol–water partition coefficient (Wildman–Crippen LogP) is 3.59. The Kier molecular flexibility index (Phi) is 10.8. The molecule has 2 fully saturated rings. The average Bonchev–Trinajstić information content (AvgIpc) is 2.60. The third-order valence-corrected chi connectivity index (χ3v) is 5.10. The first kappa shape index (κ1) is 24.7. The Labute approximate surface area is 169 Å². The van der Waals surface area contributed by atoms with Gasteiger partial charge in [0.2, 0.25) is 0 Å². The van der Waals surface area contributed by atoms with Crippen molar-refractivity contribution in [2.45, 2.75) is 122 Å². The number of carbonyl (C=O) groups excluding carboxylic acids is 1. The number of ether oxygens (including phenoxy) is 1. The summed E-state index contributed by atoms with van der Waals surface area (Å²) in [5.74, 6) is -1.31. The van der Waals surface area contributed by atoms with Crippen molar-refractivity contribution < 1.29 is 24.5 Å². The van der Waals surface area contributed by atoms with Crippen LogP contribution in [0.25, 0.3) is 0 Å². The summed E-state index contributed by atoms with van der Waals surface area (Å²) < 4.78 is 4.84. The minimum Gasteiger partial charge on any atom is -0.480 e. The molecule has 164 valence electrons. The summed E-state index contributed by atoms with van der Waals surface area (Å²) in [7, 11) is 0. The second-order valence-corrected chi connectivity index (χ2v) is 9.04. The van der Waals surface area contributed by atoms with Gasteiger partial charge in [-0.2, -0.15) is 0 Å². The molecule has 0 heterocycles. The van der Waals surface area contributed by atoms with E-state index in [1.807, 2.05) is 0 Å². The first-order chi connectivity index (χ1) is 13.1. The van der Waals surface area contributed by atoms with Gasteiger partial charge in [-0.25, -0.2) is 9.59 Å². The maximum absolute atomic E-state index is 11.2. The molecule has 4 N–H and O–H groups in total. The maximum Gasteiger partial charge on any atom is 0.408 e. The molecular weight excluding hydrogens is 360 g/mol. The lowest BCUT2D eigenvalue weighted by atomic mass is 9.91. The lowest BCUT2D eigenvalue weighted by molar-refractivity contribution is -0.142. The Bertz CT molecular complexity index is 448. The molecule has 0 bridgehead atoms. The van der Waals surface area contributed by atoms with E-state index < -0.39 is 29.8 Å². The number of amides is 1.